The molecule has 1 aromatic rings. The smallest absolute Gasteiger partial charge is 0.260 e. The zero-order valence-electron chi connectivity index (χ0n) is 12.1. The van der Waals surface area contributed by atoms with Crippen molar-refractivity contribution in [1.29, 1.82) is 0 Å². The van der Waals surface area contributed by atoms with Gasteiger partial charge < -0.3 is 15.2 Å². The molecule has 1 rings (SSSR count). The van der Waals surface area contributed by atoms with Gasteiger partial charge in [-0.3, -0.25) is 4.79 Å². The summed E-state index contributed by atoms with van der Waals surface area (Å²) in [5.74, 6) is 1.03. The number of ether oxygens (including phenoxy) is 1. The Balaban J connectivity index is 2.52. The van der Waals surface area contributed by atoms with Crippen LogP contribution in [0.2, 0.25) is 0 Å². The van der Waals surface area contributed by atoms with Gasteiger partial charge in [-0.25, -0.2) is 0 Å². The predicted octanol–water partition coefficient (Wildman–Crippen LogP) is 2.87. The van der Waals surface area contributed by atoms with E-state index in [0.717, 1.165) is 16.5 Å². The van der Waals surface area contributed by atoms with Crippen LogP contribution in [0.1, 0.15) is 32.8 Å². The van der Waals surface area contributed by atoms with Crippen LogP contribution in [0.25, 0.3) is 0 Å². The first-order valence-electron chi connectivity index (χ1n) is 6.77. The summed E-state index contributed by atoms with van der Waals surface area (Å²) in [6.45, 7) is 6.59. The average molecular weight is 344 g/mol. The maximum absolute atomic E-state index is 11.9. The third kappa shape index (κ3) is 5.51. The lowest BCUT2D eigenvalue weighted by atomic mass is 10.1. The van der Waals surface area contributed by atoms with Gasteiger partial charge in [0.25, 0.3) is 5.91 Å². The Kier molecular flexibility index (Phi) is 7.02. The number of aliphatic hydroxyl groups is 1. The van der Waals surface area contributed by atoms with Gasteiger partial charge in [-0.15, -0.1) is 0 Å². The molecule has 20 heavy (non-hydrogen) atoms. The maximum atomic E-state index is 11.9. The standard InChI is InChI=1S/C15H22BrNO3/c1-10(2)6-7-17-15(19)11(3)20-14-5-4-12(9-18)8-13(14)16/h4-5,8,10-11,18H,6-7,9H2,1-3H3,(H,17,19). The first kappa shape index (κ1) is 17.0. The van der Waals surface area contributed by atoms with Crippen LogP contribution in [0.4, 0.5) is 0 Å². The quantitative estimate of drug-likeness (QED) is 0.800. The van der Waals surface area contributed by atoms with Crippen LogP contribution >= 0.6 is 15.9 Å². The number of halogens is 1. The Morgan fingerprint density at radius 3 is 2.65 bits per heavy atom. The molecule has 0 aliphatic carbocycles. The lowest BCUT2D eigenvalue weighted by Gasteiger charge is -2.16. The third-order valence-corrected chi connectivity index (χ3v) is 3.49. The zero-order chi connectivity index (χ0) is 15.1. The molecule has 1 unspecified atom stereocenters. The number of benzene rings is 1. The Morgan fingerprint density at radius 2 is 2.10 bits per heavy atom. The fourth-order valence-electron chi connectivity index (χ4n) is 1.61. The first-order chi connectivity index (χ1) is 9.43. The van der Waals surface area contributed by atoms with Gasteiger partial charge >= 0.3 is 0 Å². The Labute approximate surface area is 128 Å². The number of amides is 1. The molecule has 0 spiro atoms. The van der Waals surface area contributed by atoms with Crippen molar-refractivity contribution in [3.8, 4) is 5.75 Å². The summed E-state index contributed by atoms with van der Waals surface area (Å²) in [6, 6.07) is 5.29. The number of carbonyl (C=O) groups is 1. The molecule has 1 atom stereocenters. The van der Waals surface area contributed by atoms with E-state index in [1.807, 2.05) is 0 Å². The fourth-order valence-corrected chi connectivity index (χ4v) is 2.13. The molecule has 0 heterocycles. The molecule has 1 amide bonds. The molecule has 0 bridgehead atoms. The lowest BCUT2D eigenvalue weighted by Crippen LogP contribution is -2.37. The van der Waals surface area contributed by atoms with Crippen LogP contribution < -0.4 is 10.1 Å². The molecule has 1 aromatic carbocycles. The third-order valence-electron chi connectivity index (χ3n) is 2.87. The van der Waals surface area contributed by atoms with E-state index in [1.165, 1.54) is 0 Å². The van der Waals surface area contributed by atoms with Gasteiger partial charge in [0.2, 0.25) is 0 Å². The van der Waals surface area contributed by atoms with E-state index in [-0.39, 0.29) is 12.5 Å². The largest absolute Gasteiger partial charge is 0.480 e. The SMILES string of the molecule is CC(C)CCNC(=O)C(C)Oc1ccc(CO)cc1Br. The van der Waals surface area contributed by atoms with E-state index in [1.54, 1.807) is 25.1 Å². The van der Waals surface area contributed by atoms with Gasteiger partial charge in [0.15, 0.2) is 6.10 Å². The van der Waals surface area contributed by atoms with Crippen molar-refractivity contribution in [2.45, 2.75) is 39.9 Å². The highest BCUT2D eigenvalue weighted by Crippen LogP contribution is 2.27. The highest BCUT2D eigenvalue weighted by Gasteiger charge is 2.15. The van der Waals surface area contributed by atoms with Crippen LogP contribution in [0.15, 0.2) is 22.7 Å². The van der Waals surface area contributed by atoms with Crippen LogP contribution in [0, 0.1) is 5.92 Å². The second-order valence-corrected chi connectivity index (χ2v) is 6.01. The molecule has 0 saturated heterocycles. The van der Waals surface area contributed by atoms with Crippen molar-refractivity contribution in [2.24, 2.45) is 5.92 Å². The number of hydrogen-bond acceptors (Lipinski definition) is 3. The maximum Gasteiger partial charge on any atom is 0.260 e. The summed E-state index contributed by atoms with van der Waals surface area (Å²) < 4.78 is 6.35. The Hall–Kier alpha value is -1.07. The summed E-state index contributed by atoms with van der Waals surface area (Å²) in [5, 5.41) is 11.9. The molecule has 0 aliphatic heterocycles. The van der Waals surface area contributed by atoms with Crippen molar-refractivity contribution in [3.63, 3.8) is 0 Å². The van der Waals surface area contributed by atoms with Gasteiger partial charge in [0, 0.05) is 6.54 Å². The van der Waals surface area contributed by atoms with Gasteiger partial charge in [-0.1, -0.05) is 19.9 Å². The van der Waals surface area contributed by atoms with Crippen LogP contribution in [0.3, 0.4) is 0 Å². The van der Waals surface area contributed by atoms with Crippen LogP contribution in [-0.2, 0) is 11.4 Å². The topological polar surface area (TPSA) is 58.6 Å². The minimum Gasteiger partial charge on any atom is -0.480 e. The highest BCUT2D eigenvalue weighted by molar-refractivity contribution is 9.10. The number of carbonyl (C=O) groups excluding carboxylic acids is 1. The first-order valence-corrected chi connectivity index (χ1v) is 7.57. The van der Waals surface area contributed by atoms with Crippen LogP contribution in [0.5, 0.6) is 5.75 Å². The van der Waals surface area contributed by atoms with Gasteiger partial charge in [-0.05, 0) is 52.9 Å². The highest BCUT2D eigenvalue weighted by atomic mass is 79.9. The molecule has 112 valence electrons. The molecule has 0 fully saturated rings. The number of aliphatic hydroxyl groups excluding tert-OH is 1. The summed E-state index contributed by atoms with van der Waals surface area (Å²) in [6.07, 6.45) is 0.395. The van der Waals surface area contributed by atoms with E-state index >= 15 is 0 Å². The molecular weight excluding hydrogens is 322 g/mol. The minimum atomic E-state index is -0.557. The van der Waals surface area contributed by atoms with Crippen molar-refractivity contribution in [1.82, 2.24) is 5.32 Å². The van der Waals surface area contributed by atoms with Crippen LogP contribution in [-0.4, -0.2) is 23.7 Å². The van der Waals surface area contributed by atoms with E-state index < -0.39 is 6.10 Å². The normalized spacial score (nSPS) is 12.3. The molecule has 5 heteroatoms. The van der Waals surface area contributed by atoms with E-state index in [4.69, 9.17) is 9.84 Å². The van der Waals surface area contributed by atoms with E-state index in [2.05, 4.69) is 35.1 Å². The Bertz CT molecular complexity index is 449. The summed E-state index contributed by atoms with van der Waals surface area (Å²) >= 11 is 3.37. The Morgan fingerprint density at radius 1 is 1.40 bits per heavy atom. The van der Waals surface area contributed by atoms with E-state index in [0.29, 0.717) is 18.2 Å². The molecular formula is C15H22BrNO3. The van der Waals surface area contributed by atoms with Crippen molar-refractivity contribution in [2.75, 3.05) is 6.54 Å². The van der Waals surface area contributed by atoms with Gasteiger partial charge in [0.1, 0.15) is 5.75 Å². The number of rotatable bonds is 7. The monoisotopic (exact) mass is 343 g/mol. The molecule has 4 nitrogen and oxygen atoms in total. The molecule has 0 radical (unpaired) electrons. The fraction of sp³-hybridized carbons (Fsp3) is 0.533. The lowest BCUT2D eigenvalue weighted by molar-refractivity contribution is -0.127. The molecule has 0 aromatic heterocycles. The zero-order valence-corrected chi connectivity index (χ0v) is 13.7. The summed E-state index contributed by atoms with van der Waals surface area (Å²) in [4.78, 5) is 11.9. The van der Waals surface area contributed by atoms with Crippen molar-refractivity contribution >= 4 is 21.8 Å². The summed E-state index contributed by atoms with van der Waals surface area (Å²) in [7, 11) is 0. The predicted molar refractivity (Wildman–Crippen MR) is 82.6 cm³/mol. The number of hydrogen-bond donors (Lipinski definition) is 2. The van der Waals surface area contributed by atoms with Gasteiger partial charge in [-0.2, -0.15) is 0 Å². The second kappa shape index (κ2) is 8.27. The van der Waals surface area contributed by atoms with Crippen molar-refractivity contribution < 1.29 is 14.6 Å². The summed E-state index contributed by atoms with van der Waals surface area (Å²) in [5.41, 5.74) is 0.790. The number of nitrogens with one attached hydrogen (secondary N) is 1. The molecule has 0 saturated carbocycles. The average Bonchev–Trinajstić information content (AvgIpc) is 2.40. The minimum absolute atomic E-state index is 0.0237. The van der Waals surface area contributed by atoms with Gasteiger partial charge in [0.05, 0.1) is 11.1 Å². The molecule has 0 aliphatic rings. The molecule has 2 N–H and O–H groups in total. The van der Waals surface area contributed by atoms with Crippen molar-refractivity contribution in [3.05, 3.63) is 28.2 Å². The second-order valence-electron chi connectivity index (χ2n) is 5.16. The van der Waals surface area contributed by atoms with E-state index in [9.17, 15) is 4.79 Å².